The van der Waals surface area contributed by atoms with Crippen LogP contribution in [0.25, 0.3) is 0 Å². The molecule has 0 saturated heterocycles. The summed E-state index contributed by atoms with van der Waals surface area (Å²) >= 11 is 3.47. The topological polar surface area (TPSA) is 91.3 Å². The lowest BCUT2D eigenvalue weighted by Gasteiger charge is -2.32. The summed E-state index contributed by atoms with van der Waals surface area (Å²) in [6.45, 7) is 3.52. The van der Waals surface area contributed by atoms with E-state index in [0.717, 1.165) is 5.56 Å². The maximum absolute atomic E-state index is 13.2. The van der Waals surface area contributed by atoms with Crippen molar-refractivity contribution in [1.82, 2.24) is 0 Å². The number of carbonyl (C=O) groups is 3. The highest BCUT2D eigenvalue weighted by molar-refractivity contribution is 9.12. The molecule has 7 nitrogen and oxygen atoms in total. The molecular formula is C21H18BrNO6. The fourth-order valence-electron chi connectivity index (χ4n) is 3.89. The molecule has 1 aromatic rings. The summed E-state index contributed by atoms with van der Waals surface area (Å²) < 4.78 is 10.6. The minimum Gasteiger partial charge on any atom is -0.465 e. The molecule has 8 heteroatoms. The number of halogens is 1. The van der Waals surface area contributed by atoms with Gasteiger partial charge in [0.1, 0.15) is 5.71 Å². The van der Waals surface area contributed by atoms with E-state index in [1.165, 1.54) is 0 Å². The largest absolute Gasteiger partial charge is 0.465 e. The minimum absolute atomic E-state index is 0.108. The van der Waals surface area contributed by atoms with Crippen molar-refractivity contribution in [3.63, 3.8) is 0 Å². The Labute approximate surface area is 175 Å². The van der Waals surface area contributed by atoms with Crippen LogP contribution in [-0.4, -0.2) is 36.6 Å². The Morgan fingerprint density at radius 3 is 2.48 bits per heavy atom. The first-order chi connectivity index (χ1) is 14.0. The number of ketones is 1. The Kier molecular flexibility index (Phi) is 5.12. The molecule has 0 spiro atoms. The smallest absolute Gasteiger partial charge is 0.324 e. The van der Waals surface area contributed by atoms with Crippen molar-refractivity contribution >= 4 is 39.4 Å². The molecule has 2 unspecified atom stereocenters. The number of fused-ring (bicyclic) bond motifs is 2. The van der Waals surface area contributed by atoms with Gasteiger partial charge >= 0.3 is 11.9 Å². The van der Waals surface area contributed by atoms with Gasteiger partial charge in [0.25, 0.3) is 0 Å². The highest BCUT2D eigenvalue weighted by atomic mass is 79.9. The molecule has 0 fully saturated rings. The molecule has 1 aromatic carbocycles. The molecule has 0 amide bonds. The molecule has 0 N–H and O–H groups in total. The zero-order valence-corrected chi connectivity index (χ0v) is 17.4. The zero-order valence-electron chi connectivity index (χ0n) is 15.8. The SMILES string of the molecule is CCOC(=O)C(C(=O)OCC)C1=C(Br)C2=NOC3c4ccccc4C(=O)C(=C1)C23. The second kappa shape index (κ2) is 7.59. The van der Waals surface area contributed by atoms with Gasteiger partial charge in [0.2, 0.25) is 0 Å². The second-order valence-electron chi connectivity index (χ2n) is 6.70. The van der Waals surface area contributed by atoms with Crippen LogP contribution in [0, 0.1) is 11.8 Å². The predicted octanol–water partition coefficient (Wildman–Crippen LogP) is 3.26. The number of benzene rings is 1. The van der Waals surface area contributed by atoms with Crippen molar-refractivity contribution in [3.8, 4) is 0 Å². The van der Waals surface area contributed by atoms with Crippen LogP contribution in [-0.2, 0) is 23.9 Å². The van der Waals surface area contributed by atoms with Crippen molar-refractivity contribution in [2.45, 2.75) is 20.0 Å². The van der Waals surface area contributed by atoms with Gasteiger partial charge in [0.05, 0.1) is 19.1 Å². The number of Topliss-reactive ketones (excluding diaryl/α,β-unsaturated/α-hetero) is 1. The van der Waals surface area contributed by atoms with Gasteiger partial charge in [0.15, 0.2) is 17.8 Å². The standard InChI is InChI=1S/C21H18BrNO6/c1-3-27-20(25)15(21(26)28-4-2)12-9-13-14-17(16(12)22)23-29-19(14)11-8-6-5-7-10(11)18(13)24/h5-9,14-15,19H,3-4H2,1-2H3. The Balaban J connectivity index is 1.85. The average molecular weight is 460 g/mol. The first-order valence-electron chi connectivity index (χ1n) is 9.31. The van der Waals surface area contributed by atoms with Crippen molar-refractivity contribution < 1.29 is 28.7 Å². The van der Waals surface area contributed by atoms with Gasteiger partial charge < -0.3 is 14.3 Å². The Morgan fingerprint density at radius 2 is 1.83 bits per heavy atom. The third kappa shape index (κ3) is 3.02. The molecule has 1 aliphatic heterocycles. The van der Waals surface area contributed by atoms with E-state index in [1.54, 1.807) is 32.1 Å². The summed E-state index contributed by atoms with van der Waals surface area (Å²) in [5, 5.41) is 4.17. The summed E-state index contributed by atoms with van der Waals surface area (Å²) in [4.78, 5) is 44.0. The first-order valence-corrected chi connectivity index (χ1v) is 10.1. The number of hydrogen-bond donors (Lipinski definition) is 0. The summed E-state index contributed by atoms with van der Waals surface area (Å²) in [5.41, 5.74) is 2.49. The predicted molar refractivity (Wildman–Crippen MR) is 106 cm³/mol. The summed E-state index contributed by atoms with van der Waals surface area (Å²) in [5.74, 6) is -3.39. The maximum atomic E-state index is 13.2. The van der Waals surface area contributed by atoms with E-state index in [2.05, 4.69) is 21.1 Å². The number of nitrogens with zero attached hydrogens (tertiary/aromatic N) is 1. The van der Waals surface area contributed by atoms with Gasteiger partial charge in [-0.2, -0.15) is 0 Å². The second-order valence-corrected chi connectivity index (χ2v) is 7.50. The van der Waals surface area contributed by atoms with Crippen LogP contribution in [0.3, 0.4) is 0 Å². The fourth-order valence-corrected chi connectivity index (χ4v) is 4.55. The molecule has 3 aliphatic rings. The molecule has 29 heavy (non-hydrogen) atoms. The third-order valence-electron chi connectivity index (χ3n) is 5.12. The summed E-state index contributed by atoms with van der Waals surface area (Å²) in [7, 11) is 0. The molecule has 2 aliphatic carbocycles. The number of ether oxygens (including phenoxy) is 2. The Hall–Kier alpha value is -2.74. The lowest BCUT2D eigenvalue weighted by atomic mass is 9.71. The van der Waals surface area contributed by atoms with Crippen LogP contribution < -0.4 is 0 Å². The van der Waals surface area contributed by atoms with Crippen LogP contribution in [0.1, 0.15) is 35.9 Å². The van der Waals surface area contributed by atoms with Gasteiger partial charge in [0, 0.05) is 21.2 Å². The van der Waals surface area contributed by atoms with Crippen molar-refractivity contribution in [3.05, 3.63) is 57.1 Å². The molecule has 4 rings (SSSR count). The van der Waals surface area contributed by atoms with Gasteiger partial charge in [-0.05, 0) is 41.4 Å². The van der Waals surface area contributed by atoms with Crippen LogP contribution in [0.5, 0.6) is 0 Å². The number of esters is 2. The average Bonchev–Trinajstić information content (AvgIpc) is 3.15. The zero-order chi connectivity index (χ0) is 20.7. The van der Waals surface area contributed by atoms with E-state index in [0.29, 0.717) is 21.3 Å². The monoisotopic (exact) mass is 459 g/mol. The van der Waals surface area contributed by atoms with Crippen molar-refractivity contribution in [1.29, 1.82) is 0 Å². The lowest BCUT2D eigenvalue weighted by molar-refractivity contribution is -0.159. The number of carbonyl (C=O) groups excluding carboxylic acids is 3. The van der Waals surface area contributed by atoms with Crippen LogP contribution >= 0.6 is 15.9 Å². The van der Waals surface area contributed by atoms with E-state index >= 15 is 0 Å². The molecule has 0 bridgehead atoms. The van der Waals surface area contributed by atoms with E-state index in [1.807, 2.05) is 12.1 Å². The lowest BCUT2D eigenvalue weighted by Crippen LogP contribution is -2.36. The normalized spacial score (nSPS) is 21.7. The summed E-state index contributed by atoms with van der Waals surface area (Å²) in [6.07, 6.45) is 1.15. The molecule has 0 radical (unpaired) electrons. The molecule has 0 saturated carbocycles. The molecule has 1 heterocycles. The molecule has 150 valence electrons. The highest BCUT2D eigenvalue weighted by Gasteiger charge is 2.50. The Bertz CT molecular complexity index is 990. The Morgan fingerprint density at radius 1 is 1.17 bits per heavy atom. The summed E-state index contributed by atoms with van der Waals surface area (Å²) in [6, 6.07) is 7.21. The van der Waals surface area contributed by atoms with E-state index in [9.17, 15) is 14.4 Å². The molecule has 2 atom stereocenters. The van der Waals surface area contributed by atoms with Gasteiger partial charge in [-0.3, -0.25) is 14.4 Å². The highest BCUT2D eigenvalue weighted by Crippen LogP contribution is 2.50. The number of allylic oxidation sites excluding steroid dienone is 2. The number of rotatable bonds is 5. The van der Waals surface area contributed by atoms with Crippen LogP contribution in [0.15, 0.2) is 51.1 Å². The van der Waals surface area contributed by atoms with Gasteiger partial charge in [-0.25, -0.2) is 0 Å². The fraction of sp³-hybridized carbons (Fsp3) is 0.333. The molecular weight excluding hydrogens is 442 g/mol. The maximum Gasteiger partial charge on any atom is 0.324 e. The van der Waals surface area contributed by atoms with E-state index in [4.69, 9.17) is 14.3 Å². The first kappa shape index (κ1) is 19.6. The van der Waals surface area contributed by atoms with Crippen LogP contribution in [0.4, 0.5) is 0 Å². The van der Waals surface area contributed by atoms with Crippen molar-refractivity contribution in [2.75, 3.05) is 13.2 Å². The van der Waals surface area contributed by atoms with Crippen molar-refractivity contribution in [2.24, 2.45) is 17.0 Å². The number of hydrogen-bond acceptors (Lipinski definition) is 7. The third-order valence-corrected chi connectivity index (χ3v) is 5.98. The quantitative estimate of drug-likeness (QED) is 0.495. The van der Waals surface area contributed by atoms with Gasteiger partial charge in [-0.1, -0.05) is 29.4 Å². The molecule has 0 aromatic heterocycles. The minimum atomic E-state index is -1.33. The van der Waals surface area contributed by atoms with Gasteiger partial charge in [-0.15, -0.1) is 0 Å². The number of oxime groups is 1. The van der Waals surface area contributed by atoms with E-state index in [-0.39, 0.29) is 24.6 Å². The van der Waals surface area contributed by atoms with Crippen LogP contribution in [0.2, 0.25) is 0 Å². The van der Waals surface area contributed by atoms with E-state index < -0.39 is 29.9 Å².